The van der Waals surface area contributed by atoms with Gasteiger partial charge in [0.05, 0.1) is 19.9 Å². The van der Waals surface area contributed by atoms with E-state index in [4.69, 9.17) is 14.6 Å². The Balaban J connectivity index is 2.23. The third kappa shape index (κ3) is 3.60. The van der Waals surface area contributed by atoms with E-state index in [0.717, 1.165) is 11.4 Å². The zero-order chi connectivity index (χ0) is 15.2. The largest absolute Gasteiger partial charge is 0.497 e. The lowest BCUT2D eigenvalue weighted by molar-refractivity contribution is 0.0693. The van der Waals surface area contributed by atoms with Crippen molar-refractivity contribution >= 4 is 17.9 Å². The molecule has 2 rings (SSSR count). The summed E-state index contributed by atoms with van der Waals surface area (Å²) in [5.41, 5.74) is 1.55. The van der Waals surface area contributed by atoms with Crippen LogP contribution < -0.4 is 9.47 Å². The lowest BCUT2D eigenvalue weighted by Gasteiger charge is -2.05. The van der Waals surface area contributed by atoms with Crippen molar-refractivity contribution < 1.29 is 19.4 Å². The maximum atomic E-state index is 11.1. The Kier molecular flexibility index (Phi) is 4.56. The molecular weight excluding hydrogens is 270 g/mol. The number of carboxylic acid groups (broad SMARTS) is 1. The Bertz CT molecular complexity index is 662. The van der Waals surface area contributed by atoms with Crippen LogP contribution in [0.25, 0.3) is 0 Å². The molecule has 0 radical (unpaired) electrons. The molecule has 2 aromatic carbocycles. The first kappa shape index (κ1) is 14.6. The fourth-order valence-electron chi connectivity index (χ4n) is 1.79. The van der Waals surface area contributed by atoms with Gasteiger partial charge in [-0.3, -0.25) is 4.99 Å². The molecule has 108 valence electrons. The Hall–Kier alpha value is -2.82. The molecule has 0 bridgehead atoms. The van der Waals surface area contributed by atoms with Crippen LogP contribution in [0, 0.1) is 0 Å². The molecule has 0 unspecified atom stereocenters. The zero-order valence-electron chi connectivity index (χ0n) is 11.7. The van der Waals surface area contributed by atoms with Crippen LogP contribution >= 0.6 is 0 Å². The number of carbonyl (C=O) groups is 1. The van der Waals surface area contributed by atoms with Crippen molar-refractivity contribution in [3.63, 3.8) is 0 Å². The van der Waals surface area contributed by atoms with Gasteiger partial charge in [-0.05, 0) is 48.0 Å². The van der Waals surface area contributed by atoms with Crippen molar-refractivity contribution in [1.82, 2.24) is 0 Å². The number of methoxy groups -OCH3 is 2. The van der Waals surface area contributed by atoms with Gasteiger partial charge in [0.2, 0.25) is 0 Å². The fraction of sp³-hybridized carbons (Fsp3) is 0.125. The number of aromatic carboxylic acids is 1. The average molecular weight is 285 g/mol. The van der Waals surface area contributed by atoms with E-state index in [0.29, 0.717) is 11.3 Å². The third-order valence-electron chi connectivity index (χ3n) is 2.89. The quantitative estimate of drug-likeness (QED) is 0.857. The lowest BCUT2D eigenvalue weighted by Crippen LogP contribution is -2.01. The maximum absolute atomic E-state index is 11.1. The minimum Gasteiger partial charge on any atom is -0.497 e. The van der Waals surface area contributed by atoms with E-state index in [2.05, 4.69) is 4.99 Å². The van der Waals surface area contributed by atoms with E-state index in [1.54, 1.807) is 25.5 Å². The topological polar surface area (TPSA) is 68.1 Å². The van der Waals surface area contributed by atoms with Gasteiger partial charge >= 0.3 is 5.97 Å². The highest BCUT2D eigenvalue weighted by Gasteiger charge is 2.10. The molecule has 21 heavy (non-hydrogen) atoms. The molecule has 5 nitrogen and oxygen atoms in total. The molecule has 0 aliphatic rings. The number of rotatable bonds is 5. The van der Waals surface area contributed by atoms with Crippen LogP contribution in [0.15, 0.2) is 47.5 Å². The first-order valence-corrected chi connectivity index (χ1v) is 6.23. The number of carboxylic acids is 1. The first-order chi connectivity index (χ1) is 10.1. The van der Waals surface area contributed by atoms with Gasteiger partial charge in [0.15, 0.2) is 0 Å². The standard InChI is InChI=1S/C16H15NO4/c1-20-13-6-4-12(5-7-13)17-10-11-3-8-15(21-2)14(9-11)16(18)19/h3-10H,1-2H3,(H,18,19). The van der Waals surface area contributed by atoms with Gasteiger partial charge in [-0.15, -0.1) is 0 Å². The lowest BCUT2D eigenvalue weighted by atomic mass is 10.1. The summed E-state index contributed by atoms with van der Waals surface area (Å²) in [5, 5.41) is 9.13. The summed E-state index contributed by atoms with van der Waals surface area (Å²) in [6.07, 6.45) is 1.60. The van der Waals surface area contributed by atoms with Crippen LogP contribution in [-0.4, -0.2) is 31.5 Å². The number of ether oxygens (including phenoxy) is 2. The van der Waals surface area contributed by atoms with Crippen molar-refractivity contribution in [2.75, 3.05) is 14.2 Å². The van der Waals surface area contributed by atoms with E-state index < -0.39 is 5.97 Å². The summed E-state index contributed by atoms with van der Waals surface area (Å²) in [4.78, 5) is 15.4. The molecule has 0 aromatic heterocycles. The molecule has 0 aliphatic heterocycles. The number of nitrogens with zero attached hydrogens (tertiary/aromatic N) is 1. The number of aliphatic imine (C=N–C) groups is 1. The summed E-state index contributed by atoms with van der Waals surface area (Å²) >= 11 is 0. The van der Waals surface area contributed by atoms with E-state index in [1.165, 1.54) is 13.2 Å². The second-order valence-corrected chi connectivity index (χ2v) is 4.22. The van der Waals surface area contributed by atoms with Gasteiger partial charge in [-0.2, -0.15) is 0 Å². The van der Waals surface area contributed by atoms with Gasteiger partial charge in [0.1, 0.15) is 17.1 Å². The molecule has 0 saturated carbocycles. The predicted molar refractivity (Wildman–Crippen MR) is 80.2 cm³/mol. The highest BCUT2D eigenvalue weighted by atomic mass is 16.5. The fourth-order valence-corrected chi connectivity index (χ4v) is 1.79. The molecule has 0 atom stereocenters. The Labute approximate surface area is 122 Å². The monoisotopic (exact) mass is 285 g/mol. The average Bonchev–Trinajstić information content (AvgIpc) is 2.53. The summed E-state index contributed by atoms with van der Waals surface area (Å²) in [7, 11) is 3.04. The second-order valence-electron chi connectivity index (χ2n) is 4.22. The summed E-state index contributed by atoms with van der Waals surface area (Å²) in [5.74, 6) is 0.0437. The van der Waals surface area contributed by atoms with Gasteiger partial charge in [0, 0.05) is 6.21 Å². The highest BCUT2D eigenvalue weighted by molar-refractivity contribution is 5.94. The van der Waals surface area contributed by atoms with Crippen LogP contribution in [0.1, 0.15) is 15.9 Å². The Morgan fingerprint density at radius 2 is 1.81 bits per heavy atom. The normalized spacial score (nSPS) is 10.6. The van der Waals surface area contributed by atoms with E-state index >= 15 is 0 Å². The summed E-state index contributed by atoms with van der Waals surface area (Å²) in [6.45, 7) is 0. The summed E-state index contributed by atoms with van der Waals surface area (Å²) in [6, 6.07) is 12.1. The molecule has 0 spiro atoms. The molecule has 0 aliphatic carbocycles. The minimum atomic E-state index is -1.04. The molecule has 0 saturated heterocycles. The van der Waals surface area contributed by atoms with E-state index in [-0.39, 0.29) is 5.56 Å². The molecule has 0 amide bonds. The first-order valence-electron chi connectivity index (χ1n) is 6.23. The molecule has 0 heterocycles. The van der Waals surface area contributed by atoms with Crippen molar-refractivity contribution in [2.45, 2.75) is 0 Å². The SMILES string of the molecule is COc1ccc(N=Cc2ccc(OC)c(C(=O)O)c2)cc1. The second kappa shape index (κ2) is 6.56. The number of hydrogen-bond donors (Lipinski definition) is 1. The Morgan fingerprint density at radius 1 is 1.10 bits per heavy atom. The number of benzene rings is 2. The third-order valence-corrected chi connectivity index (χ3v) is 2.89. The molecular formula is C16H15NO4. The van der Waals surface area contributed by atoms with Crippen molar-refractivity contribution in [3.8, 4) is 11.5 Å². The minimum absolute atomic E-state index is 0.108. The van der Waals surface area contributed by atoms with Crippen molar-refractivity contribution in [3.05, 3.63) is 53.6 Å². The molecule has 5 heteroatoms. The van der Waals surface area contributed by atoms with Crippen LogP contribution in [-0.2, 0) is 0 Å². The van der Waals surface area contributed by atoms with Gasteiger partial charge in [-0.25, -0.2) is 4.79 Å². The van der Waals surface area contributed by atoms with Gasteiger partial charge in [-0.1, -0.05) is 0 Å². The van der Waals surface area contributed by atoms with Gasteiger partial charge in [0.25, 0.3) is 0 Å². The maximum Gasteiger partial charge on any atom is 0.339 e. The van der Waals surface area contributed by atoms with E-state index in [1.807, 2.05) is 24.3 Å². The van der Waals surface area contributed by atoms with Crippen molar-refractivity contribution in [1.29, 1.82) is 0 Å². The van der Waals surface area contributed by atoms with Gasteiger partial charge < -0.3 is 14.6 Å². The van der Waals surface area contributed by atoms with E-state index in [9.17, 15) is 4.79 Å². The van der Waals surface area contributed by atoms with Crippen molar-refractivity contribution in [2.24, 2.45) is 4.99 Å². The van der Waals surface area contributed by atoms with Crippen LogP contribution in [0.4, 0.5) is 5.69 Å². The van der Waals surface area contributed by atoms with Crippen LogP contribution in [0.2, 0.25) is 0 Å². The van der Waals surface area contributed by atoms with Crippen LogP contribution in [0.3, 0.4) is 0 Å². The number of hydrogen-bond acceptors (Lipinski definition) is 4. The Morgan fingerprint density at radius 3 is 2.38 bits per heavy atom. The van der Waals surface area contributed by atoms with Crippen LogP contribution in [0.5, 0.6) is 11.5 Å². The zero-order valence-corrected chi connectivity index (χ0v) is 11.7. The smallest absolute Gasteiger partial charge is 0.339 e. The molecule has 0 fully saturated rings. The highest BCUT2D eigenvalue weighted by Crippen LogP contribution is 2.20. The molecule has 1 N–H and O–H groups in total. The summed E-state index contributed by atoms with van der Waals surface area (Å²) < 4.78 is 10.1. The molecule has 2 aromatic rings. The predicted octanol–water partition coefficient (Wildman–Crippen LogP) is 3.15.